The molecule has 0 atom stereocenters. The van der Waals surface area contributed by atoms with Gasteiger partial charge in [0.2, 0.25) is 0 Å². The van der Waals surface area contributed by atoms with E-state index in [-0.39, 0.29) is 0 Å². The standard InChI is InChI=1S/C39H25N3/c1-2-13-28(14-3-1)37-40-38(30-22-21-26-11-4-5-15-29(26)25-30)42-39(41-37)36-24-23-35(33-18-8-9-19-34(33)36)32-20-10-16-27-12-6-7-17-31(27)32/h1-25H. The molecule has 0 spiro atoms. The summed E-state index contributed by atoms with van der Waals surface area (Å²) in [6.45, 7) is 0. The van der Waals surface area contributed by atoms with E-state index in [1.165, 1.54) is 32.7 Å². The third-order valence-electron chi connectivity index (χ3n) is 7.92. The number of aromatic nitrogens is 3. The van der Waals surface area contributed by atoms with Crippen LogP contribution in [0.5, 0.6) is 0 Å². The number of rotatable bonds is 4. The molecule has 3 nitrogen and oxygen atoms in total. The topological polar surface area (TPSA) is 38.7 Å². The minimum atomic E-state index is 0.658. The zero-order chi connectivity index (χ0) is 27.9. The van der Waals surface area contributed by atoms with Crippen molar-refractivity contribution in [1.29, 1.82) is 0 Å². The second kappa shape index (κ2) is 10.1. The lowest BCUT2D eigenvalue weighted by atomic mass is 9.92. The van der Waals surface area contributed by atoms with E-state index >= 15 is 0 Å². The van der Waals surface area contributed by atoms with Gasteiger partial charge in [-0.3, -0.25) is 0 Å². The molecule has 0 saturated carbocycles. The van der Waals surface area contributed by atoms with Crippen LogP contribution in [-0.4, -0.2) is 15.0 Å². The van der Waals surface area contributed by atoms with E-state index in [1.54, 1.807) is 0 Å². The van der Waals surface area contributed by atoms with Gasteiger partial charge in [0.25, 0.3) is 0 Å². The second-order valence-corrected chi connectivity index (χ2v) is 10.5. The lowest BCUT2D eigenvalue weighted by molar-refractivity contribution is 1.08. The second-order valence-electron chi connectivity index (χ2n) is 10.5. The van der Waals surface area contributed by atoms with Gasteiger partial charge in [-0.25, -0.2) is 15.0 Å². The summed E-state index contributed by atoms with van der Waals surface area (Å²) < 4.78 is 0. The molecule has 0 saturated heterocycles. The lowest BCUT2D eigenvalue weighted by Gasteiger charge is -2.14. The largest absolute Gasteiger partial charge is 0.208 e. The van der Waals surface area contributed by atoms with Gasteiger partial charge in [0.05, 0.1) is 0 Å². The fourth-order valence-electron chi connectivity index (χ4n) is 5.86. The quantitative estimate of drug-likeness (QED) is 0.225. The van der Waals surface area contributed by atoms with Crippen LogP contribution in [0.1, 0.15) is 0 Å². The van der Waals surface area contributed by atoms with Crippen molar-refractivity contribution in [2.24, 2.45) is 0 Å². The number of hydrogen-bond donors (Lipinski definition) is 0. The SMILES string of the molecule is c1ccc(-c2nc(-c3ccc4ccccc4c3)nc(-c3ccc(-c4cccc5ccccc45)c4ccccc34)n2)cc1. The van der Waals surface area contributed by atoms with Crippen LogP contribution in [-0.2, 0) is 0 Å². The van der Waals surface area contributed by atoms with E-state index < -0.39 is 0 Å². The molecular weight excluding hydrogens is 510 g/mol. The third-order valence-corrected chi connectivity index (χ3v) is 7.92. The fraction of sp³-hybridized carbons (Fsp3) is 0. The first-order valence-electron chi connectivity index (χ1n) is 14.1. The van der Waals surface area contributed by atoms with Crippen LogP contribution in [0.15, 0.2) is 152 Å². The molecule has 0 fully saturated rings. The summed E-state index contributed by atoms with van der Waals surface area (Å²) in [6, 6.07) is 52.9. The van der Waals surface area contributed by atoms with Gasteiger partial charge in [0, 0.05) is 16.7 Å². The van der Waals surface area contributed by atoms with Crippen molar-refractivity contribution in [3.05, 3.63) is 152 Å². The Labute approximate surface area is 243 Å². The van der Waals surface area contributed by atoms with E-state index in [2.05, 4.69) is 121 Å². The van der Waals surface area contributed by atoms with Crippen LogP contribution in [0, 0.1) is 0 Å². The van der Waals surface area contributed by atoms with Gasteiger partial charge in [-0.05, 0) is 55.6 Å². The Morgan fingerprint density at radius 2 is 0.833 bits per heavy atom. The molecule has 0 N–H and O–H groups in total. The molecule has 42 heavy (non-hydrogen) atoms. The van der Waals surface area contributed by atoms with Gasteiger partial charge < -0.3 is 0 Å². The number of nitrogens with zero attached hydrogens (tertiary/aromatic N) is 3. The van der Waals surface area contributed by atoms with Gasteiger partial charge in [0.15, 0.2) is 17.5 Å². The Kier molecular flexibility index (Phi) is 5.79. The first kappa shape index (κ1) is 24.2. The monoisotopic (exact) mass is 535 g/mol. The zero-order valence-electron chi connectivity index (χ0n) is 22.8. The van der Waals surface area contributed by atoms with Crippen LogP contribution < -0.4 is 0 Å². The highest BCUT2D eigenvalue weighted by molar-refractivity contribution is 6.09. The minimum Gasteiger partial charge on any atom is -0.208 e. The molecule has 0 unspecified atom stereocenters. The molecule has 0 aliphatic carbocycles. The summed E-state index contributed by atoms with van der Waals surface area (Å²) in [5, 5.41) is 7.09. The number of fused-ring (bicyclic) bond motifs is 3. The van der Waals surface area contributed by atoms with Crippen molar-refractivity contribution >= 4 is 32.3 Å². The molecule has 7 aromatic carbocycles. The van der Waals surface area contributed by atoms with E-state index in [1.807, 2.05) is 30.3 Å². The van der Waals surface area contributed by atoms with E-state index in [9.17, 15) is 0 Å². The molecule has 1 aromatic heterocycles. The van der Waals surface area contributed by atoms with E-state index in [0.717, 1.165) is 27.5 Å². The van der Waals surface area contributed by atoms with Crippen LogP contribution in [0.3, 0.4) is 0 Å². The molecular formula is C39H25N3. The predicted octanol–water partition coefficient (Wildman–Crippen LogP) is 10.00. The van der Waals surface area contributed by atoms with Crippen molar-refractivity contribution in [3.8, 4) is 45.3 Å². The molecule has 0 bridgehead atoms. The van der Waals surface area contributed by atoms with Crippen molar-refractivity contribution < 1.29 is 0 Å². The fourth-order valence-corrected chi connectivity index (χ4v) is 5.86. The smallest absolute Gasteiger partial charge is 0.164 e. The maximum absolute atomic E-state index is 5.09. The Hall–Kier alpha value is -5.67. The summed E-state index contributed by atoms with van der Waals surface area (Å²) in [7, 11) is 0. The summed E-state index contributed by atoms with van der Waals surface area (Å²) in [6.07, 6.45) is 0. The van der Waals surface area contributed by atoms with Gasteiger partial charge >= 0.3 is 0 Å². The summed E-state index contributed by atoms with van der Waals surface area (Å²) in [5.74, 6) is 1.98. The van der Waals surface area contributed by atoms with Gasteiger partial charge in [0.1, 0.15) is 0 Å². The molecule has 1 heterocycles. The Morgan fingerprint density at radius 3 is 1.64 bits per heavy atom. The summed E-state index contributed by atoms with van der Waals surface area (Å²) in [4.78, 5) is 15.1. The predicted molar refractivity (Wildman–Crippen MR) is 174 cm³/mol. The first-order chi connectivity index (χ1) is 20.8. The Morgan fingerprint density at radius 1 is 0.286 bits per heavy atom. The molecule has 196 valence electrons. The zero-order valence-corrected chi connectivity index (χ0v) is 22.8. The molecule has 0 radical (unpaired) electrons. The maximum atomic E-state index is 5.09. The highest BCUT2D eigenvalue weighted by Gasteiger charge is 2.17. The highest BCUT2D eigenvalue weighted by atomic mass is 15.0. The van der Waals surface area contributed by atoms with E-state index in [4.69, 9.17) is 15.0 Å². The third kappa shape index (κ3) is 4.20. The average Bonchev–Trinajstić information content (AvgIpc) is 3.07. The molecule has 0 amide bonds. The average molecular weight is 536 g/mol. The van der Waals surface area contributed by atoms with Crippen molar-refractivity contribution in [2.75, 3.05) is 0 Å². The van der Waals surface area contributed by atoms with Crippen LogP contribution in [0.4, 0.5) is 0 Å². The van der Waals surface area contributed by atoms with Gasteiger partial charge in [-0.15, -0.1) is 0 Å². The van der Waals surface area contributed by atoms with Crippen LogP contribution >= 0.6 is 0 Å². The van der Waals surface area contributed by atoms with Crippen LogP contribution in [0.25, 0.3) is 77.6 Å². The van der Waals surface area contributed by atoms with Crippen LogP contribution in [0.2, 0.25) is 0 Å². The van der Waals surface area contributed by atoms with E-state index in [0.29, 0.717) is 17.5 Å². The maximum Gasteiger partial charge on any atom is 0.164 e. The normalized spacial score (nSPS) is 11.3. The van der Waals surface area contributed by atoms with Crippen molar-refractivity contribution in [2.45, 2.75) is 0 Å². The molecule has 0 aliphatic rings. The summed E-state index contributed by atoms with van der Waals surface area (Å²) in [5.41, 5.74) is 5.31. The van der Waals surface area contributed by atoms with Gasteiger partial charge in [-0.1, -0.05) is 140 Å². The molecule has 8 rings (SSSR count). The summed E-state index contributed by atoms with van der Waals surface area (Å²) >= 11 is 0. The molecule has 0 aliphatic heterocycles. The number of benzene rings is 7. The minimum absolute atomic E-state index is 0.658. The first-order valence-corrected chi connectivity index (χ1v) is 14.1. The Balaban J connectivity index is 1.36. The van der Waals surface area contributed by atoms with Gasteiger partial charge in [-0.2, -0.15) is 0 Å². The molecule has 8 aromatic rings. The highest BCUT2D eigenvalue weighted by Crippen LogP contribution is 2.38. The van der Waals surface area contributed by atoms with Crippen molar-refractivity contribution in [1.82, 2.24) is 15.0 Å². The lowest BCUT2D eigenvalue weighted by Crippen LogP contribution is -2.00. The Bertz CT molecular complexity index is 2250. The number of hydrogen-bond acceptors (Lipinski definition) is 3. The molecule has 3 heteroatoms. The van der Waals surface area contributed by atoms with Crippen molar-refractivity contribution in [3.63, 3.8) is 0 Å².